The van der Waals surface area contributed by atoms with E-state index in [1.54, 1.807) is 6.92 Å². The standard InChI is InChI=1S/C11H12F3N5O3/c1-2-22-7-3-6(5-17-18-10(15)16)9(19(20)21)8(4-7)11(12,13)14/h3-5H,2H2,1H3,(H4,15,16,18)/b17-5+. The molecule has 0 heterocycles. The largest absolute Gasteiger partial charge is 0.494 e. The number of alkyl halides is 3. The number of nitrogens with two attached hydrogens (primary N) is 2. The van der Waals surface area contributed by atoms with E-state index in [9.17, 15) is 23.3 Å². The van der Waals surface area contributed by atoms with E-state index in [-0.39, 0.29) is 12.4 Å². The summed E-state index contributed by atoms with van der Waals surface area (Å²) >= 11 is 0. The van der Waals surface area contributed by atoms with Gasteiger partial charge in [0.1, 0.15) is 11.3 Å². The number of nitrogens with zero attached hydrogens (tertiary/aromatic N) is 3. The number of rotatable bonds is 5. The lowest BCUT2D eigenvalue weighted by Crippen LogP contribution is -2.21. The van der Waals surface area contributed by atoms with E-state index in [0.29, 0.717) is 6.07 Å². The van der Waals surface area contributed by atoms with E-state index in [1.807, 2.05) is 0 Å². The average Bonchev–Trinajstić information content (AvgIpc) is 2.36. The quantitative estimate of drug-likeness (QED) is 0.369. The van der Waals surface area contributed by atoms with Crippen LogP contribution in [0.5, 0.6) is 5.75 Å². The number of hydrogen-bond acceptors (Lipinski definition) is 5. The molecule has 0 bridgehead atoms. The van der Waals surface area contributed by atoms with Crippen molar-refractivity contribution < 1.29 is 22.8 Å². The van der Waals surface area contributed by atoms with Crippen LogP contribution in [0.2, 0.25) is 0 Å². The van der Waals surface area contributed by atoms with Crippen molar-refractivity contribution in [3.63, 3.8) is 0 Å². The molecular weight excluding hydrogens is 307 g/mol. The second kappa shape index (κ2) is 6.74. The minimum absolute atomic E-state index is 0.0829. The summed E-state index contributed by atoms with van der Waals surface area (Å²) in [4.78, 5) is 9.82. The molecule has 0 aromatic heterocycles. The number of benzene rings is 1. The first-order chi connectivity index (χ1) is 10.2. The minimum atomic E-state index is -4.94. The second-order valence-electron chi connectivity index (χ2n) is 3.87. The van der Waals surface area contributed by atoms with Gasteiger partial charge in [-0.1, -0.05) is 0 Å². The molecule has 11 heteroatoms. The maximum Gasteiger partial charge on any atom is 0.423 e. The maximum atomic E-state index is 13.0. The van der Waals surface area contributed by atoms with Gasteiger partial charge in [-0.25, -0.2) is 0 Å². The molecule has 1 rings (SSSR count). The Morgan fingerprint density at radius 3 is 2.55 bits per heavy atom. The van der Waals surface area contributed by atoms with Gasteiger partial charge < -0.3 is 16.2 Å². The lowest BCUT2D eigenvalue weighted by atomic mass is 10.1. The third kappa shape index (κ3) is 4.33. The first-order valence-corrected chi connectivity index (χ1v) is 5.81. The third-order valence-corrected chi connectivity index (χ3v) is 2.28. The van der Waals surface area contributed by atoms with E-state index in [4.69, 9.17) is 16.2 Å². The molecule has 0 amide bonds. The van der Waals surface area contributed by atoms with Crippen LogP contribution in [0.25, 0.3) is 0 Å². The summed E-state index contributed by atoms with van der Waals surface area (Å²) in [5.74, 6) is -0.637. The molecular formula is C11H12F3N5O3. The highest BCUT2D eigenvalue weighted by molar-refractivity contribution is 5.88. The summed E-state index contributed by atoms with van der Waals surface area (Å²) in [6, 6.07) is 1.60. The number of ether oxygens (including phenoxy) is 1. The molecule has 0 saturated heterocycles. The number of nitro benzene ring substituents is 1. The van der Waals surface area contributed by atoms with Crippen molar-refractivity contribution in [2.45, 2.75) is 13.1 Å². The van der Waals surface area contributed by atoms with Crippen molar-refractivity contribution in [3.8, 4) is 5.75 Å². The Labute approximate surface area is 122 Å². The molecule has 8 nitrogen and oxygen atoms in total. The van der Waals surface area contributed by atoms with Gasteiger partial charge in [-0.15, -0.1) is 5.10 Å². The second-order valence-corrected chi connectivity index (χ2v) is 3.87. The van der Waals surface area contributed by atoms with Crippen LogP contribution in [0.1, 0.15) is 18.1 Å². The van der Waals surface area contributed by atoms with Gasteiger partial charge in [-0.2, -0.15) is 18.3 Å². The molecule has 0 unspecified atom stereocenters. The molecule has 0 aliphatic heterocycles. The monoisotopic (exact) mass is 319 g/mol. The molecule has 0 aliphatic carbocycles. The summed E-state index contributed by atoms with van der Waals surface area (Å²) in [5, 5.41) is 17.5. The van der Waals surface area contributed by atoms with Crippen LogP contribution < -0.4 is 16.2 Å². The summed E-state index contributed by atoms with van der Waals surface area (Å²) in [6.07, 6.45) is -4.19. The van der Waals surface area contributed by atoms with Crippen LogP contribution in [0, 0.1) is 10.1 Å². The van der Waals surface area contributed by atoms with E-state index in [1.165, 1.54) is 0 Å². The highest BCUT2D eigenvalue weighted by Crippen LogP contribution is 2.40. The molecule has 0 aliphatic rings. The highest BCUT2D eigenvalue weighted by atomic mass is 19.4. The zero-order valence-electron chi connectivity index (χ0n) is 11.3. The van der Waals surface area contributed by atoms with Crippen molar-refractivity contribution in [1.82, 2.24) is 0 Å². The first kappa shape index (κ1) is 17.2. The van der Waals surface area contributed by atoms with E-state index in [0.717, 1.165) is 12.3 Å². The molecule has 0 spiro atoms. The zero-order chi connectivity index (χ0) is 16.9. The van der Waals surface area contributed by atoms with Gasteiger partial charge in [0.25, 0.3) is 5.69 Å². The van der Waals surface area contributed by atoms with Gasteiger partial charge in [-0.3, -0.25) is 10.1 Å². The Hall–Kier alpha value is -2.85. The number of halogens is 3. The lowest BCUT2D eigenvalue weighted by molar-refractivity contribution is -0.388. The SMILES string of the molecule is CCOc1cc(/C=N/N=C(N)N)c([N+](=O)[O-])c(C(F)(F)F)c1. The van der Waals surface area contributed by atoms with Crippen molar-refractivity contribution in [2.24, 2.45) is 21.7 Å². The Bertz CT molecular complexity index is 624. The van der Waals surface area contributed by atoms with Gasteiger partial charge in [-0.05, 0) is 19.1 Å². The minimum Gasteiger partial charge on any atom is -0.494 e. The topological polar surface area (TPSA) is 129 Å². The van der Waals surface area contributed by atoms with Gasteiger partial charge in [0.15, 0.2) is 0 Å². The van der Waals surface area contributed by atoms with Crippen molar-refractivity contribution in [1.29, 1.82) is 0 Å². The van der Waals surface area contributed by atoms with Gasteiger partial charge in [0, 0.05) is 0 Å². The average molecular weight is 319 g/mol. The predicted molar refractivity (Wildman–Crippen MR) is 72.7 cm³/mol. The van der Waals surface area contributed by atoms with Crippen molar-refractivity contribution in [3.05, 3.63) is 33.4 Å². The Morgan fingerprint density at radius 2 is 2.09 bits per heavy atom. The third-order valence-electron chi connectivity index (χ3n) is 2.28. The lowest BCUT2D eigenvalue weighted by Gasteiger charge is -2.12. The van der Waals surface area contributed by atoms with Crippen molar-refractivity contribution >= 4 is 17.9 Å². The van der Waals surface area contributed by atoms with Crippen LogP contribution >= 0.6 is 0 Å². The fourth-order valence-corrected chi connectivity index (χ4v) is 1.56. The molecule has 120 valence electrons. The van der Waals surface area contributed by atoms with Gasteiger partial charge >= 0.3 is 6.18 Å². The molecule has 0 fully saturated rings. The number of hydrogen-bond donors (Lipinski definition) is 2. The van der Waals surface area contributed by atoms with Crippen LogP contribution in [0.15, 0.2) is 22.3 Å². The van der Waals surface area contributed by atoms with E-state index < -0.39 is 33.9 Å². The van der Waals surface area contributed by atoms with E-state index >= 15 is 0 Å². The first-order valence-electron chi connectivity index (χ1n) is 5.81. The Morgan fingerprint density at radius 1 is 1.45 bits per heavy atom. The van der Waals surface area contributed by atoms with Crippen LogP contribution in [-0.4, -0.2) is 23.7 Å². The number of guanidine groups is 1. The number of nitro groups is 1. The molecule has 1 aromatic rings. The van der Waals surface area contributed by atoms with Gasteiger partial charge in [0.2, 0.25) is 5.96 Å². The van der Waals surface area contributed by atoms with Crippen LogP contribution in [0.4, 0.5) is 18.9 Å². The maximum absolute atomic E-state index is 13.0. The van der Waals surface area contributed by atoms with Crippen LogP contribution in [0.3, 0.4) is 0 Å². The Balaban J connectivity index is 3.56. The van der Waals surface area contributed by atoms with Crippen LogP contribution in [-0.2, 0) is 6.18 Å². The fraction of sp³-hybridized carbons (Fsp3) is 0.273. The summed E-state index contributed by atoms with van der Waals surface area (Å²) < 4.78 is 43.9. The van der Waals surface area contributed by atoms with Gasteiger partial charge in [0.05, 0.1) is 23.3 Å². The normalized spacial score (nSPS) is 11.5. The Kier molecular flexibility index (Phi) is 5.27. The molecule has 0 saturated carbocycles. The fourth-order valence-electron chi connectivity index (χ4n) is 1.56. The molecule has 22 heavy (non-hydrogen) atoms. The summed E-state index contributed by atoms with van der Waals surface area (Å²) in [6.45, 7) is 1.64. The molecule has 0 radical (unpaired) electrons. The summed E-state index contributed by atoms with van der Waals surface area (Å²) in [7, 11) is 0. The summed E-state index contributed by atoms with van der Waals surface area (Å²) in [5.41, 5.74) is 6.97. The zero-order valence-corrected chi connectivity index (χ0v) is 11.3. The predicted octanol–water partition coefficient (Wildman–Crippen LogP) is 1.62. The molecule has 1 aromatic carbocycles. The highest BCUT2D eigenvalue weighted by Gasteiger charge is 2.40. The van der Waals surface area contributed by atoms with Crippen molar-refractivity contribution in [2.75, 3.05) is 6.61 Å². The molecule has 0 atom stereocenters. The van der Waals surface area contributed by atoms with E-state index in [2.05, 4.69) is 10.2 Å². The smallest absolute Gasteiger partial charge is 0.423 e. The molecule has 4 N–H and O–H groups in total.